The van der Waals surface area contributed by atoms with Gasteiger partial charge in [0.2, 0.25) is 5.91 Å². The molecule has 3 rings (SSSR count). The predicted octanol–water partition coefficient (Wildman–Crippen LogP) is 5.31. The van der Waals surface area contributed by atoms with Crippen LogP contribution in [-0.2, 0) is 4.79 Å². The van der Waals surface area contributed by atoms with Gasteiger partial charge in [0.1, 0.15) is 5.75 Å². The molecule has 0 aliphatic carbocycles. The summed E-state index contributed by atoms with van der Waals surface area (Å²) >= 11 is 13.5. The molecule has 1 heterocycles. The number of hydrogen-bond donors (Lipinski definition) is 1. The van der Waals surface area contributed by atoms with E-state index < -0.39 is 5.25 Å². The number of ether oxygens (including phenoxy) is 1. The summed E-state index contributed by atoms with van der Waals surface area (Å²) in [6.07, 6.45) is 3.54. The fourth-order valence-corrected chi connectivity index (χ4v) is 3.61. The first-order valence-corrected chi connectivity index (χ1v) is 9.72. The summed E-state index contributed by atoms with van der Waals surface area (Å²) in [6.45, 7) is 1.81. The first-order chi connectivity index (χ1) is 13.0. The van der Waals surface area contributed by atoms with E-state index >= 15 is 0 Å². The Morgan fingerprint density at radius 1 is 1.26 bits per heavy atom. The number of thioether (sulfide) groups is 1. The molecule has 0 aliphatic rings. The fraction of sp³-hybridized carbons (Fsp3) is 0.158. The number of hydrogen-bond acceptors (Lipinski definition) is 4. The summed E-state index contributed by atoms with van der Waals surface area (Å²) in [4.78, 5) is 16.9. The number of anilines is 1. The van der Waals surface area contributed by atoms with Crippen molar-refractivity contribution in [2.45, 2.75) is 17.3 Å². The van der Waals surface area contributed by atoms with Crippen molar-refractivity contribution in [1.82, 2.24) is 9.55 Å². The van der Waals surface area contributed by atoms with Crippen LogP contribution in [0.15, 0.2) is 60.0 Å². The number of nitrogens with one attached hydrogen (secondary N) is 1. The summed E-state index contributed by atoms with van der Waals surface area (Å²) in [6, 6.07) is 12.7. The van der Waals surface area contributed by atoms with E-state index in [2.05, 4.69) is 10.3 Å². The molecule has 0 spiro atoms. The second-order valence-electron chi connectivity index (χ2n) is 5.63. The lowest BCUT2D eigenvalue weighted by atomic mass is 10.3. The molecule has 1 unspecified atom stereocenters. The number of imidazole rings is 1. The third-order valence-electron chi connectivity index (χ3n) is 3.80. The number of carbonyl (C=O) groups is 1. The second-order valence-corrected chi connectivity index (χ2v) is 7.73. The van der Waals surface area contributed by atoms with Gasteiger partial charge < -0.3 is 10.1 Å². The van der Waals surface area contributed by atoms with Gasteiger partial charge in [0.15, 0.2) is 5.16 Å². The lowest BCUT2D eigenvalue weighted by molar-refractivity contribution is -0.115. The summed E-state index contributed by atoms with van der Waals surface area (Å²) in [5, 5.41) is 3.82. The van der Waals surface area contributed by atoms with E-state index in [1.54, 1.807) is 31.5 Å². The zero-order valence-corrected chi connectivity index (χ0v) is 17.0. The normalized spacial score (nSPS) is 11.9. The molecule has 5 nitrogen and oxygen atoms in total. The van der Waals surface area contributed by atoms with E-state index in [-0.39, 0.29) is 5.91 Å². The standard InChI is InChI=1S/C19H17Cl2N3O2S/c1-12(18(25)23-16-8-4-7-15(20)17(16)21)27-19-22-9-10-24(19)13-5-3-6-14(11-13)26-2/h3-12H,1-2H3,(H,23,25). The molecule has 1 N–H and O–H groups in total. The van der Waals surface area contributed by atoms with Crippen LogP contribution in [0.3, 0.4) is 0 Å². The minimum atomic E-state index is -0.396. The van der Waals surface area contributed by atoms with Crippen molar-refractivity contribution >= 4 is 46.6 Å². The average Bonchev–Trinajstić information content (AvgIpc) is 3.13. The molecule has 0 radical (unpaired) electrons. The Hall–Kier alpha value is -2.15. The Morgan fingerprint density at radius 3 is 2.81 bits per heavy atom. The van der Waals surface area contributed by atoms with Crippen LogP contribution in [0.4, 0.5) is 5.69 Å². The molecule has 1 aromatic heterocycles. The maximum Gasteiger partial charge on any atom is 0.237 e. The van der Waals surface area contributed by atoms with E-state index in [0.717, 1.165) is 11.4 Å². The third kappa shape index (κ3) is 4.58. The zero-order chi connectivity index (χ0) is 19.4. The maximum atomic E-state index is 12.6. The third-order valence-corrected chi connectivity index (χ3v) is 5.70. The van der Waals surface area contributed by atoms with Gasteiger partial charge in [0.05, 0.1) is 33.8 Å². The highest BCUT2D eigenvalue weighted by molar-refractivity contribution is 8.00. The van der Waals surface area contributed by atoms with Gasteiger partial charge in [-0.25, -0.2) is 4.98 Å². The van der Waals surface area contributed by atoms with Crippen LogP contribution < -0.4 is 10.1 Å². The van der Waals surface area contributed by atoms with Gasteiger partial charge in [-0.1, -0.05) is 47.1 Å². The first-order valence-electron chi connectivity index (χ1n) is 8.09. The Morgan fingerprint density at radius 2 is 2.04 bits per heavy atom. The van der Waals surface area contributed by atoms with Crippen molar-refractivity contribution in [2.75, 3.05) is 12.4 Å². The van der Waals surface area contributed by atoms with Crippen LogP contribution in [0, 0.1) is 0 Å². The van der Waals surface area contributed by atoms with Gasteiger partial charge in [-0.2, -0.15) is 0 Å². The van der Waals surface area contributed by atoms with Crippen LogP contribution in [0.5, 0.6) is 5.75 Å². The molecular formula is C19H17Cl2N3O2S. The summed E-state index contributed by atoms with van der Waals surface area (Å²) in [7, 11) is 1.62. The Bertz CT molecular complexity index is 962. The Balaban J connectivity index is 1.75. The smallest absolute Gasteiger partial charge is 0.237 e. The quantitative estimate of drug-likeness (QED) is 0.548. The number of methoxy groups -OCH3 is 1. The largest absolute Gasteiger partial charge is 0.497 e. The summed E-state index contributed by atoms with van der Waals surface area (Å²) < 4.78 is 7.18. The van der Waals surface area contributed by atoms with Crippen molar-refractivity contribution in [3.05, 3.63) is 64.9 Å². The molecule has 140 valence electrons. The highest BCUT2D eigenvalue weighted by Crippen LogP contribution is 2.31. The van der Waals surface area contributed by atoms with Crippen molar-refractivity contribution in [1.29, 1.82) is 0 Å². The van der Waals surface area contributed by atoms with Crippen molar-refractivity contribution in [3.8, 4) is 11.4 Å². The highest BCUT2D eigenvalue weighted by atomic mass is 35.5. The number of rotatable bonds is 6. The van der Waals surface area contributed by atoms with Gasteiger partial charge in [0.25, 0.3) is 0 Å². The molecule has 3 aromatic rings. The van der Waals surface area contributed by atoms with Gasteiger partial charge in [0, 0.05) is 18.5 Å². The molecular weight excluding hydrogens is 405 g/mol. The average molecular weight is 422 g/mol. The summed E-state index contributed by atoms with van der Waals surface area (Å²) in [5.74, 6) is 0.558. The van der Waals surface area contributed by atoms with Crippen LogP contribution in [0.1, 0.15) is 6.92 Å². The van der Waals surface area contributed by atoms with Crippen molar-refractivity contribution in [2.24, 2.45) is 0 Å². The van der Waals surface area contributed by atoms with Gasteiger partial charge in [-0.15, -0.1) is 0 Å². The molecule has 1 atom stereocenters. The fourth-order valence-electron chi connectivity index (χ4n) is 2.38. The first kappa shape index (κ1) is 19.6. The topological polar surface area (TPSA) is 56.2 Å². The van der Waals surface area contributed by atoms with E-state index in [1.807, 2.05) is 42.0 Å². The van der Waals surface area contributed by atoms with Crippen LogP contribution >= 0.6 is 35.0 Å². The summed E-state index contributed by atoms with van der Waals surface area (Å²) in [5.41, 5.74) is 1.39. The van der Waals surface area contributed by atoms with Gasteiger partial charge in [-0.05, 0) is 31.2 Å². The predicted molar refractivity (Wildman–Crippen MR) is 111 cm³/mol. The molecule has 27 heavy (non-hydrogen) atoms. The van der Waals surface area contributed by atoms with Gasteiger partial charge in [-0.3, -0.25) is 9.36 Å². The van der Waals surface area contributed by atoms with Gasteiger partial charge >= 0.3 is 0 Å². The number of amides is 1. The van der Waals surface area contributed by atoms with E-state index in [4.69, 9.17) is 27.9 Å². The Labute approximate surface area is 171 Å². The lowest BCUT2D eigenvalue weighted by Gasteiger charge is -2.14. The van der Waals surface area contributed by atoms with Crippen molar-refractivity contribution < 1.29 is 9.53 Å². The molecule has 1 amide bonds. The molecule has 0 bridgehead atoms. The second kappa shape index (κ2) is 8.69. The van der Waals surface area contributed by atoms with E-state index in [0.29, 0.717) is 20.9 Å². The SMILES string of the molecule is COc1cccc(-n2ccnc2SC(C)C(=O)Nc2cccc(Cl)c2Cl)c1. The number of halogens is 2. The number of carbonyl (C=O) groups excluding carboxylic acids is 1. The number of aromatic nitrogens is 2. The van der Waals surface area contributed by atoms with Crippen LogP contribution in [-0.4, -0.2) is 27.8 Å². The zero-order valence-electron chi connectivity index (χ0n) is 14.6. The van der Waals surface area contributed by atoms with Crippen molar-refractivity contribution in [3.63, 3.8) is 0 Å². The minimum absolute atomic E-state index is 0.190. The Kier molecular flexibility index (Phi) is 6.31. The number of nitrogens with zero attached hydrogens (tertiary/aromatic N) is 2. The molecule has 0 aliphatic heterocycles. The van der Waals surface area contributed by atoms with Crippen LogP contribution in [0.2, 0.25) is 10.0 Å². The monoisotopic (exact) mass is 421 g/mol. The lowest BCUT2D eigenvalue weighted by Crippen LogP contribution is -2.23. The number of benzene rings is 2. The molecule has 2 aromatic carbocycles. The minimum Gasteiger partial charge on any atom is -0.497 e. The maximum absolute atomic E-state index is 12.6. The van der Waals surface area contributed by atoms with E-state index in [9.17, 15) is 4.79 Å². The highest BCUT2D eigenvalue weighted by Gasteiger charge is 2.19. The molecule has 0 fully saturated rings. The molecule has 0 saturated heterocycles. The molecule has 8 heteroatoms. The molecule has 0 saturated carbocycles. The van der Waals surface area contributed by atoms with E-state index in [1.165, 1.54) is 11.8 Å². The van der Waals surface area contributed by atoms with Crippen LogP contribution in [0.25, 0.3) is 5.69 Å².